The summed E-state index contributed by atoms with van der Waals surface area (Å²) in [5.41, 5.74) is 2.12. The lowest BCUT2D eigenvalue weighted by molar-refractivity contribution is 0.0920. The maximum Gasteiger partial charge on any atom is 0.272 e. The van der Waals surface area contributed by atoms with Gasteiger partial charge in [-0.05, 0) is 50.8 Å². The van der Waals surface area contributed by atoms with Gasteiger partial charge in [0.25, 0.3) is 11.5 Å². The second-order valence-electron chi connectivity index (χ2n) is 7.45. The number of aromatic nitrogens is 3. The number of pyridine rings is 1. The van der Waals surface area contributed by atoms with Gasteiger partial charge in [-0.2, -0.15) is 10.4 Å². The molecule has 1 aromatic carbocycles. The molecule has 2 heterocycles. The van der Waals surface area contributed by atoms with Crippen molar-refractivity contribution >= 4 is 16.7 Å². The summed E-state index contributed by atoms with van der Waals surface area (Å²) in [7, 11) is 0. The number of nitrogens with one attached hydrogen (secondary N) is 2. The van der Waals surface area contributed by atoms with Crippen molar-refractivity contribution in [3.63, 3.8) is 0 Å². The smallest absolute Gasteiger partial charge is 0.272 e. The fraction of sp³-hybridized carbons (Fsp3) is 0.318. The number of aryl methyl sites for hydroxylation is 1. The largest absolute Gasteiger partial charge is 0.348 e. The number of benzene rings is 1. The van der Waals surface area contributed by atoms with Crippen molar-refractivity contribution < 1.29 is 4.79 Å². The lowest BCUT2D eigenvalue weighted by Gasteiger charge is -2.29. The zero-order chi connectivity index (χ0) is 20.4. The van der Waals surface area contributed by atoms with Gasteiger partial charge >= 0.3 is 0 Å². The van der Waals surface area contributed by atoms with Crippen molar-refractivity contribution in [3.8, 4) is 6.07 Å². The molecule has 0 bridgehead atoms. The second kappa shape index (κ2) is 7.84. The first-order valence-electron chi connectivity index (χ1n) is 9.72. The van der Waals surface area contributed by atoms with Gasteiger partial charge < -0.3 is 5.32 Å². The third-order valence-electron chi connectivity index (χ3n) is 5.61. The molecule has 0 aliphatic heterocycles. The number of fused-ring (bicyclic) bond motifs is 1. The maximum atomic E-state index is 12.5. The molecule has 7 heteroatoms. The van der Waals surface area contributed by atoms with Gasteiger partial charge in [0.15, 0.2) is 0 Å². The Morgan fingerprint density at radius 2 is 1.86 bits per heavy atom. The maximum absolute atomic E-state index is 12.5. The molecule has 0 saturated heterocycles. The van der Waals surface area contributed by atoms with Gasteiger partial charge in [0, 0.05) is 17.3 Å². The summed E-state index contributed by atoms with van der Waals surface area (Å²) in [6.45, 7) is 1.72. The van der Waals surface area contributed by atoms with E-state index in [4.69, 9.17) is 5.26 Å². The molecule has 1 amide bonds. The highest BCUT2D eigenvalue weighted by Crippen LogP contribution is 2.34. The van der Waals surface area contributed by atoms with Gasteiger partial charge in [0.05, 0.1) is 22.3 Å². The van der Waals surface area contributed by atoms with Crippen LogP contribution in [0.25, 0.3) is 10.8 Å². The van der Waals surface area contributed by atoms with Crippen molar-refractivity contribution in [2.24, 2.45) is 0 Å². The molecule has 1 aliphatic rings. The Hall–Kier alpha value is -3.53. The van der Waals surface area contributed by atoms with Crippen LogP contribution in [0.1, 0.15) is 59.0 Å². The van der Waals surface area contributed by atoms with E-state index in [0.717, 1.165) is 36.8 Å². The van der Waals surface area contributed by atoms with Gasteiger partial charge in [-0.25, -0.2) is 10.1 Å². The SMILES string of the molecule is Cc1nc(C(=O)N[C@H]2CC[C@H](c3n[nH]c(=O)c4ccccc43)CC2)ccc1C#N. The van der Waals surface area contributed by atoms with Gasteiger partial charge in [0.2, 0.25) is 0 Å². The van der Waals surface area contributed by atoms with E-state index in [-0.39, 0.29) is 23.4 Å². The Bertz CT molecular complexity index is 1170. The van der Waals surface area contributed by atoms with Crippen LogP contribution in [0.2, 0.25) is 0 Å². The number of nitrogens with zero attached hydrogens (tertiary/aromatic N) is 3. The molecule has 4 rings (SSSR count). The number of hydrogen-bond acceptors (Lipinski definition) is 5. The number of carbonyl (C=O) groups is 1. The van der Waals surface area contributed by atoms with Crippen LogP contribution in [0.5, 0.6) is 0 Å². The first-order chi connectivity index (χ1) is 14.1. The summed E-state index contributed by atoms with van der Waals surface area (Å²) >= 11 is 0. The summed E-state index contributed by atoms with van der Waals surface area (Å²) in [5.74, 6) is 0.0360. The minimum Gasteiger partial charge on any atom is -0.348 e. The highest BCUT2D eigenvalue weighted by Gasteiger charge is 2.26. The van der Waals surface area contributed by atoms with E-state index < -0.39 is 0 Å². The molecule has 2 aromatic heterocycles. The van der Waals surface area contributed by atoms with Crippen LogP contribution in [-0.2, 0) is 0 Å². The Kier molecular flexibility index (Phi) is 5.09. The molecule has 1 saturated carbocycles. The Balaban J connectivity index is 1.43. The number of nitriles is 1. The predicted molar refractivity (Wildman–Crippen MR) is 109 cm³/mol. The molecule has 0 spiro atoms. The summed E-state index contributed by atoms with van der Waals surface area (Å²) in [4.78, 5) is 28.8. The predicted octanol–water partition coefficient (Wildman–Crippen LogP) is 2.95. The summed E-state index contributed by atoms with van der Waals surface area (Å²) in [5, 5.41) is 20.6. The summed E-state index contributed by atoms with van der Waals surface area (Å²) in [6, 6.07) is 12.9. The van der Waals surface area contributed by atoms with E-state index in [9.17, 15) is 9.59 Å². The van der Waals surface area contributed by atoms with E-state index in [1.165, 1.54) is 0 Å². The van der Waals surface area contributed by atoms with E-state index in [1.807, 2.05) is 24.3 Å². The molecule has 2 N–H and O–H groups in total. The molecular formula is C22H21N5O2. The molecule has 0 radical (unpaired) electrons. The molecule has 0 unspecified atom stereocenters. The topological polar surface area (TPSA) is 112 Å². The third-order valence-corrected chi connectivity index (χ3v) is 5.61. The van der Waals surface area contributed by atoms with E-state index in [2.05, 4.69) is 26.6 Å². The van der Waals surface area contributed by atoms with Gasteiger partial charge in [-0.15, -0.1) is 0 Å². The monoisotopic (exact) mass is 387 g/mol. The van der Waals surface area contributed by atoms with Crippen LogP contribution >= 0.6 is 0 Å². The van der Waals surface area contributed by atoms with Gasteiger partial charge in [-0.3, -0.25) is 9.59 Å². The van der Waals surface area contributed by atoms with Crippen LogP contribution in [0.3, 0.4) is 0 Å². The molecule has 29 heavy (non-hydrogen) atoms. The Morgan fingerprint density at radius 1 is 1.14 bits per heavy atom. The minimum atomic E-state index is -0.214. The van der Waals surface area contributed by atoms with Crippen molar-refractivity contribution in [2.75, 3.05) is 0 Å². The van der Waals surface area contributed by atoms with Crippen molar-refractivity contribution in [2.45, 2.75) is 44.6 Å². The fourth-order valence-electron chi connectivity index (χ4n) is 4.02. The number of rotatable bonds is 3. The number of H-pyrrole nitrogens is 1. The second-order valence-corrected chi connectivity index (χ2v) is 7.45. The molecule has 1 fully saturated rings. The van der Waals surface area contributed by atoms with Crippen LogP contribution in [-0.4, -0.2) is 27.1 Å². The van der Waals surface area contributed by atoms with Crippen LogP contribution in [0, 0.1) is 18.3 Å². The number of aromatic amines is 1. The van der Waals surface area contributed by atoms with Crippen molar-refractivity contribution in [1.82, 2.24) is 20.5 Å². The standard InChI is InChI=1S/C22H21N5O2/c1-13-15(12-23)8-11-19(24-13)22(29)25-16-9-6-14(7-10-16)20-17-4-2-3-5-18(17)21(28)27-26-20/h2-5,8,11,14,16H,6-7,9-10H2,1H3,(H,25,29)(H,27,28)/t14-,16-. The molecule has 3 aromatic rings. The first-order valence-corrected chi connectivity index (χ1v) is 9.72. The van der Waals surface area contributed by atoms with Crippen molar-refractivity contribution in [3.05, 3.63) is 69.4 Å². The third kappa shape index (κ3) is 3.74. The van der Waals surface area contributed by atoms with E-state index in [1.54, 1.807) is 19.1 Å². The molecule has 1 aliphatic carbocycles. The van der Waals surface area contributed by atoms with E-state index in [0.29, 0.717) is 22.3 Å². The Morgan fingerprint density at radius 3 is 2.55 bits per heavy atom. The average Bonchev–Trinajstić information content (AvgIpc) is 2.75. The van der Waals surface area contributed by atoms with Gasteiger partial charge in [0.1, 0.15) is 11.8 Å². The molecule has 0 atom stereocenters. The van der Waals surface area contributed by atoms with Crippen LogP contribution in [0.4, 0.5) is 0 Å². The molecule has 146 valence electrons. The lowest BCUT2D eigenvalue weighted by atomic mass is 9.82. The quantitative estimate of drug-likeness (QED) is 0.718. The average molecular weight is 387 g/mol. The van der Waals surface area contributed by atoms with Crippen LogP contribution < -0.4 is 10.9 Å². The number of carbonyl (C=O) groups excluding carboxylic acids is 1. The normalized spacial score (nSPS) is 18.9. The zero-order valence-electron chi connectivity index (χ0n) is 16.1. The van der Waals surface area contributed by atoms with Gasteiger partial charge in [-0.1, -0.05) is 18.2 Å². The van der Waals surface area contributed by atoms with E-state index >= 15 is 0 Å². The summed E-state index contributed by atoms with van der Waals surface area (Å²) in [6.07, 6.45) is 3.43. The Labute approximate surface area is 167 Å². The highest BCUT2D eigenvalue weighted by atomic mass is 16.2. The first kappa shape index (κ1) is 18.8. The number of amides is 1. The molecule has 7 nitrogen and oxygen atoms in total. The fourth-order valence-corrected chi connectivity index (χ4v) is 4.02. The van der Waals surface area contributed by atoms with Crippen molar-refractivity contribution in [1.29, 1.82) is 5.26 Å². The minimum absolute atomic E-state index is 0.0746. The zero-order valence-corrected chi connectivity index (χ0v) is 16.1. The molecular weight excluding hydrogens is 366 g/mol. The number of hydrogen-bond donors (Lipinski definition) is 2. The lowest BCUT2D eigenvalue weighted by Crippen LogP contribution is -2.38. The van der Waals surface area contributed by atoms with Crippen LogP contribution in [0.15, 0.2) is 41.2 Å². The summed E-state index contributed by atoms with van der Waals surface area (Å²) < 4.78 is 0. The highest BCUT2D eigenvalue weighted by molar-refractivity contribution is 5.92.